The maximum Gasteiger partial charge on any atom is 0.315 e. The van der Waals surface area contributed by atoms with E-state index in [4.69, 9.17) is 6.42 Å². The molecule has 290 valence electrons. The quantitative estimate of drug-likeness (QED) is 0.118. The molecule has 1 heterocycles. The Morgan fingerprint density at radius 3 is 2.08 bits per heavy atom. The van der Waals surface area contributed by atoms with Crippen LogP contribution in [0.2, 0.25) is 0 Å². The number of rotatable bonds is 14. The minimum atomic E-state index is -3.58. The minimum absolute atomic E-state index is 0.0525. The van der Waals surface area contributed by atoms with Crippen molar-refractivity contribution in [3.63, 3.8) is 0 Å². The van der Waals surface area contributed by atoms with E-state index in [0.29, 0.717) is 31.6 Å². The summed E-state index contributed by atoms with van der Waals surface area (Å²) in [7, 11) is -3.58. The third-order valence-electron chi connectivity index (χ3n) is 10.1. The number of Topliss-reactive ketones (excluding diaryl/α,β-unsaturated/α-hetero) is 1. The van der Waals surface area contributed by atoms with Crippen molar-refractivity contribution >= 4 is 51.1 Å². The summed E-state index contributed by atoms with van der Waals surface area (Å²) in [6.07, 6.45) is 11.5. The van der Waals surface area contributed by atoms with Crippen molar-refractivity contribution in [1.29, 1.82) is 0 Å². The number of thioether (sulfide) groups is 1. The van der Waals surface area contributed by atoms with Gasteiger partial charge in [-0.05, 0) is 69.5 Å². The first-order valence-corrected chi connectivity index (χ1v) is 21.1. The van der Waals surface area contributed by atoms with Crippen LogP contribution < -0.4 is 21.3 Å². The van der Waals surface area contributed by atoms with E-state index in [-0.39, 0.29) is 31.1 Å². The molecule has 51 heavy (non-hydrogen) atoms. The van der Waals surface area contributed by atoms with Crippen molar-refractivity contribution in [1.82, 2.24) is 26.2 Å². The van der Waals surface area contributed by atoms with E-state index in [0.717, 1.165) is 19.3 Å². The Kier molecular flexibility index (Phi) is 15.5. The zero-order chi connectivity index (χ0) is 39.0. The van der Waals surface area contributed by atoms with Gasteiger partial charge in [0.1, 0.15) is 12.1 Å². The average molecular weight is 754 g/mol. The van der Waals surface area contributed by atoms with E-state index in [1.807, 2.05) is 47.8 Å². The van der Waals surface area contributed by atoms with Gasteiger partial charge in [0.25, 0.3) is 5.91 Å². The third-order valence-corrected chi connectivity index (χ3v) is 13.5. The Morgan fingerprint density at radius 1 is 0.961 bits per heavy atom. The molecule has 1 aliphatic heterocycles. The molecule has 5 amide bonds. The van der Waals surface area contributed by atoms with Crippen molar-refractivity contribution in [2.45, 2.75) is 142 Å². The molecule has 1 saturated carbocycles. The summed E-state index contributed by atoms with van der Waals surface area (Å²) in [6, 6.07) is -3.89. The summed E-state index contributed by atoms with van der Waals surface area (Å²) < 4.78 is 25.7. The molecule has 1 aliphatic carbocycles. The second-order valence-electron chi connectivity index (χ2n) is 17.3. The highest BCUT2D eigenvalue weighted by Gasteiger charge is 2.50. The van der Waals surface area contributed by atoms with E-state index in [2.05, 4.69) is 27.2 Å². The van der Waals surface area contributed by atoms with Crippen molar-refractivity contribution in [3.05, 3.63) is 0 Å². The van der Waals surface area contributed by atoms with Crippen LogP contribution in [0.15, 0.2) is 0 Å². The van der Waals surface area contributed by atoms with Crippen LogP contribution in [0.5, 0.6) is 0 Å². The summed E-state index contributed by atoms with van der Waals surface area (Å²) in [5, 5.41) is 11.2. The first kappa shape index (κ1) is 44.4. The van der Waals surface area contributed by atoms with Crippen LogP contribution in [-0.4, -0.2) is 102 Å². The second-order valence-corrected chi connectivity index (χ2v) is 21.0. The maximum atomic E-state index is 14.5. The summed E-state index contributed by atoms with van der Waals surface area (Å²) in [5.74, 6) is -0.0848. The fourth-order valence-electron chi connectivity index (χ4n) is 6.87. The lowest BCUT2D eigenvalue weighted by Crippen LogP contribution is -2.64. The van der Waals surface area contributed by atoms with Crippen molar-refractivity contribution < 1.29 is 32.4 Å². The topological polar surface area (TPSA) is 171 Å². The fourth-order valence-corrected chi connectivity index (χ4v) is 8.70. The first-order valence-electron chi connectivity index (χ1n) is 18.1. The lowest BCUT2D eigenvalue weighted by Gasteiger charge is -2.41. The molecule has 2 aliphatic rings. The molecule has 0 spiro atoms. The van der Waals surface area contributed by atoms with Gasteiger partial charge in [0, 0.05) is 25.3 Å². The SMILES string of the molecule is C#CCCC(NC(=O)[C@@H]1C(C(C)(C)C)CCN1C(=O)[C@@H](NC(=O)NC1(CS(=O)(=O)C(C)(C)C)CCCCC1)C(C)(C)C)C(=O)C(=O)NCCSC. The van der Waals surface area contributed by atoms with Crippen molar-refractivity contribution in [3.8, 4) is 12.3 Å². The number of likely N-dealkylation sites (tertiary alicyclic amines) is 1. The zero-order valence-electron chi connectivity index (χ0n) is 32.5. The molecule has 0 aromatic heterocycles. The number of hydrogen-bond donors (Lipinski definition) is 4. The summed E-state index contributed by atoms with van der Waals surface area (Å²) in [6.45, 7) is 16.9. The number of carbonyl (C=O) groups excluding carboxylic acids is 5. The Morgan fingerprint density at radius 2 is 1.57 bits per heavy atom. The zero-order valence-corrected chi connectivity index (χ0v) is 34.1. The van der Waals surface area contributed by atoms with Crippen LogP contribution >= 0.6 is 11.8 Å². The molecule has 0 bridgehead atoms. The van der Waals surface area contributed by atoms with Crippen LogP contribution in [-0.2, 0) is 29.0 Å². The van der Waals surface area contributed by atoms with E-state index >= 15 is 0 Å². The Hall–Kier alpha value is -2.79. The number of sulfone groups is 1. The Balaban J connectivity index is 2.42. The number of ketones is 1. The first-order chi connectivity index (χ1) is 23.4. The van der Waals surface area contributed by atoms with Gasteiger partial charge in [-0.25, -0.2) is 13.2 Å². The summed E-state index contributed by atoms with van der Waals surface area (Å²) >= 11 is 1.51. The van der Waals surface area contributed by atoms with Crippen LogP contribution in [0.25, 0.3) is 0 Å². The van der Waals surface area contributed by atoms with E-state index in [1.54, 1.807) is 20.8 Å². The number of urea groups is 1. The summed E-state index contributed by atoms with van der Waals surface area (Å²) in [5.41, 5.74) is -2.19. The number of hydrogen-bond acceptors (Lipinski definition) is 8. The third kappa shape index (κ3) is 12.1. The highest BCUT2D eigenvalue weighted by atomic mass is 32.2. The molecule has 14 heteroatoms. The predicted molar refractivity (Wildman–Crippen MR) is 204 cm³/mol. The number of carbonyl (C=O) groups is 5. The van der Waals surface area contributed by atoms with Crippen LogP contribution in [0.1, 0.15) is 114 Å². The molecular weight excluding hydrogens is 691 g/mol. The summed E-state index contributed by atoms with van der Waals surface area (Å²) in [4.78, 5) is 69.9. The lowest BCUT2D eigenvalue weighted by atomic mass is 9.75. The van der Waals surface area contributed by atoms with Gasteiger partial charge in [0.05, 0.1) is 22.1 Å². The fraction of sp³-hybridized carbons (Fsp3) is 0.811. The van der Waals surface area contributed by atoms with Crippen LogP contribution in [0.4, 0.5) is 4.79 Å². The Labute approximate surface area is 310 Å². The van der Waals surface area contributed by atoms with Gasteiger partial charge < -0.3 is 26.2 Å². The largest absolute Gasteiger partial charge is 0.349 e. The lowest BCUT2D eigenvalue weighted by molar-refractivity contribution is -0.145. The number of terminal acetylenes is 1. The van der Waals surface area contributed by atoms with Crippen LogP contribution in [0, 0.1) is 29.1 Å². The van der Waals surface area contributed by atoms with E-state index in [9.17, 15) is 32.4 Å². The second kappa shape index (κ2) is 17.8. The smallest absolute Gasteiger partial charge is 0.315 e. The molecule has 0 radical (unpaired) electrons. The van der Waals surface area contributed by atoms with E-state index < -0.39 is 78.6 Å². The van der Waals surface area contributed by atoms with Gasteiger partial charge in [-0.15, -0.1) is 12.3 Å². The van der Waals surface area contributed by atoms with Crippen molar-refractivity contribution in [2.24, 2.45) is 16.7 Å². The highest BCUT2D eigenvalue weighted by Crippen LogP contribution is 2.40. The molecule has 4 N–H and O–H groups in total. The van der Waals surface area contributed by atoms with Gasteiger partial charge in [-0.1, -0.05) is 60.8 Å². The highest BCUT2D eigenvalue weighted by molar-refractivity contribution is 7.98. The molecular formula is C37H63N5O7S2. The van der Waals surface area contributed by atoms with Crippen LogP contribution in [0.3, 0.4) is 0 Å². The number of nitrogens with one attached hydrogen (secondary N) is 4. The maximum absolute atomic E-state index is 14.5. The van der Waals surface area contributed by atoms with Gasteiger partial charge in [0.15, 0.2) is 9.84 Å². The van der Waals surface area contributed by atoms with E-state index in [1.165, 1.54) is 16.7 Å². The predicted octanol–water partition coefficient (Wildman–Crippen LogP) is 3.83. The van der Waals surface area contributed by atoms with Gasteiger partial charge >= 0.3 is 6.03 Å². The molecule has 4 atom stereocenters. The monoisotopic (exact) mass is 753 g/mol. The molecule has 1 saturated heterocycles. The van der Waals surface area contributed by atoms with Gasteiger partial charge in [-0.3, -0.25) is 19.2 Å². The average Bonchev–Trinajstić information content (AvgIpc) is 3.47. The normalized spacial score (nSPS) is 20.8. The van der Waals surface area contributed by atoms with Gasteiger partial charge in [0.2, 0.25) is 17.6 Å². The molecule has 12 nitrogen and oxygen atoms in total. The number of amides is 5. The Bertz CT molecular complexity index is 1410. The molecule has 0 aromatic carbocycles. The number of nitrogens with zero attached hydrogens (tertiary/aromatic N) is 1. The standard InChI is InChI=1S/C37H63N5O7S2/c1-12-13-17-26(28(43)31(45)38-21-23-50-11)39-30(44)27-25(34(2,3)4)18-22-42(27)32(46)29(35(5,6)7)40-33(47)41-37(19-15-14-16-20-37)24-51(48,49)36(8,9)10/h1,25-27,29H,13-24H2,2-11H3,(H,38,45)(H,39,44)(H2,40,41,47)/t25?,26?,27-,29+/m0/s1. The molecule has 2 fully saturated rings. The molecule has 0 aromatic rings. The molecule has 2 rings (SSSR count). The molecule has 2 unspecified atom stereocenters. The van der Waals surface area contributed by atoms with Crippen molar-refractivity contribution in [2.75, 3.05) is 30.9 Å². The minimum Gasteiger partial charge on any atom is -0.349 e. The van der Waals surface area contributed by atoms with Gasteiger partial charge in [-0.2, -0.15) is 11.8 Å².